The first-order valence-electron chi connectivity index (χ1n) is 6.13. The van der Waals surface area contributed by atoms with E-state index >= 15 is 0 Å². The van der Waals surface area contributed by atoms with E-state index in [4.69, 9.17) is 35.4 Å². The molecule has 0 amide bonds. The smallest absolute Gasteiger partial charge is 0.166 e. The molecule has 0 saturated heterocycles. The molecule has 0 unspecified atom stereocenters. The Labute approximate surface area is 133 Å². The van der Waals surface area contributed by atoms with E-state index in [1.165, 1.54) is 0 Å². The van der Waals surface area contributed by atoms with Crippen molar-refractivity contribution < 1.29 is 4.79 Å². The number of rotatable bonds is 5. The lowest BCUT2D eigenvalue weighted by molar-refractivity contribution is 0.0983. The summed E-state index contributed by atoms with van der Waals surface area (Å²) in [7, 11) is 0. The second-order valence-corrected chi connectivity index (χ2v) is 5.43. The Balaban J connectivity index is 2.06. The minimum Gasteiger partial charge on any atom is -0.294 e. The van der Waals surface area contributed by atoms with Crippen molar-refractivity contribution in [3.63, 3.8) is 0 Å². The monoisotopic (exact) mass is 322 g/mol. The van der Waals surface area contributed by atoms with Crippen LogP contribution in [0.3, 0.4) is 0 Å². The molecule has 102 valence electrons. The summed E-state index contributed by atoms with van der Waals surface area (Å²) in [4.78, 5) is 12.2. The summed E-state index contributed by atoms with van der Waals surface area (Å²) in [5, 5.41) is 2.43. The third-order valence-corrected chi connectivity index (χ3v) is 3.90. The van der Waals surface area contributed by atoms with E-state index in [-0.39, 0.29) is 5.78 Å². The van der Waals surface area contributed by atoms with E-state index in [1.54, 1.807) is 23.6 Å². The molecule has 0 radical (unpaired) electrons. The van der Waals surface area contributed by atoms with Crippen molar-refractivity contribution in [1.82, 2.24) is 0 Å². The minimum absolute atomic E-state index is 0.0421. The van der Waals surface area contributed by atoms with Gasteiger partial charge < -0.3 is 0 Å². The van der Waals surface area contributed by atoms with Gasteiger partial charge in [-0.25, -0.2) is 0 Å². The van der Waals surface area contributed by atoms with Crippen molar-refractivity contribution >= 4 is 46.6 Å². The molecule has 0 spiro atoms. The molecule has 0 aliphatic carbocycles. The minimum atomic E-state index is -0.0421. The van der Waals surface area contributed by atoms with Crippen LogP contribution >= 0.6 is 35.4 Å². The van der Waals surface area contributed by atoms with Gasteiger partial charge in [0, 0.05) is 11.8 Å². The van der Waals surface area contributed by atoms with E-state index in [0.29, 0.717) is 28.5 Å². The molecule has 0 aromatic heterocycles. The summed E-state index contributed by atoms with van der Waals surface area (Å²) in [5.74, 6) is -0.0421. The van der Waals surface area contributed by atoms with Gasteiger partial charge in [-0.3, -0.25) is 4.79 Å². The van der Waals surface area contributed by atoms with Crippen LogP contribution in [0.4, 0.5) is 0 Å². The Bertz CT molecular complexity index is 615. The third kappa shape index (κ3) is 3.66. The number of carbonyl (C=O) groups is 1. The van der Waals surface area contributed by atoms with Gasteiger partial charge in [0.05, 0.1) is 15.6 Å². The van der Waals surface area contributed by atoms with E-state index in [1.807, 2.05) is 24.3 Å². The van der Waals surface area contributed by atoms with Crippen LogP contribution in [-0.4, -0.2) is 11.2 Å². The lowest BCUT2D eigenvalue weighted by Crippen LogP contribution is -2.03. The standard InChI is InChI=1S/C16H12Cl2OS/c17-13-2-1-3-14(18)16(13)15(19)9-8-11-4-6-12(10-20)7-5-11/h1-7,10H,8-9H2. The molecular formula is C16H12Cl2OS. The number of ketones is 1. The van der Waals surface area contributed by atoms with Crippen LogP contribution in [0.5, 0.6) is 0 Å². The van der Waals surface area contributed by atoms with E-state index in [9.17, 15) is 4.79 Å². The first-order valence-corrected chi connectivity index (χ1v) is 7.36. The molecule has 0 aliphatic heterocycles. The SMILES string of the molecule is O=C(CCc1ccc(C=S)cc1)c1c(Cl)cccc1Cl. The summed E-state index contributed by atoms with van der Waals surface area (Å²) in [6.45, 7) is 0. The van der Waals surface area contributed by atoms with Crippen LogP contribution in [0, 0.1) is 0 Å². The van der Waals surface area contributed by atoms with E-state index in [0.717, 1.165) is 11.1 Å². The molecular weight excluding hydrogens is 311 g/mol. The Kier molecular flexibility index (Phi) is 5.30. The summed E-state index contributed by atoms with van der Waals surface area (Å²) in [6, 6.07) is 12.9. The van der Waals surface area contributed by atoms with E-state index in [2.05, 4.69) is 0 Å². The second kappa shape index (κ2) is 6.98. The summed E-state index contributed by atoms with van der Waals surface area (Å²) in [6.07, 6.45) is 1.03. The topological polar surface area (TPSA) is 17.1 Å². The van der Waals surface area contributed by atoms with Crippen molar-refractivity contribution in [1.29, 1.82) is 0 Å². The highest BCUT2D eigenvalue weighted by Crippen LogP contribution is 2.26. The zero-order valence-electron chi connectivity index (χ0n) is 10.6. The van der Waals surface area contributed by atoms with Crippen LogP contribution in [0.1, 0.15) is 27.9 Å². The van der Waals surface area contributed by atoms with Crippen LogP contribution in [0.15, 0.2) is 42.5 Å². The lowest BCUT2D eigenvalue weighted by atomic mass is 10.0. The molecule has 0 aliphatic rings. The molecule has 0 atom stereocenters. The highest BCUT2D eigenvalue weighted by atomic mass is 35.5. The molecule has 20 heavy (non-hydrogen) atoms. The number of halogens is 2. The Morgan fingerprint density at radius 1 is 1.05 bits per heavy atom. The fraction of sp³-hybridized carbons (Fsp3) is 0.125. The maximum atomic E-state index is 12.2. The highest BCUT2D eigenvalue weighted by molar-refractivity contribution is 7.79. The largest absolute Gasteiger partial charge is 0.294 e. The van der Waals surface area contributed by atoms with Gasteiger partial charge in [0.15, 0.2) is 5.78 Å². The molecule has 2 rings (SSSR count). The van der Waals surface area contributed by atoms with Crippen LogP contribution < -0.4 is 0 Å². The highest BCUT2D eigenvalue weighted by Gasteiger charge is 2.14. The molecule has 1 nitrogen and oxygen atoms in total. The molecule has 0 bridgehead atoms. The third-order valence-electron chi connectivity index (χ3n) is 3.00. The van der Waals surface area contributed by atoms with Crippen molar-refractivity contribution in [2.75, 3.05) is 0 Å². The fourth-order valence-electron chi connectivity index (χ4n) is 1.91. The lowest BCUT2D eigenvalue weighted by Gasteiger charge is -2.06. The molecule has 0 N–H and O–H groups in total. The van der Waals surface area contributed by atoms with E-state index < -0.39 is 0 Å². The van der Waals surface area contributed by atoms with Crippen molar-refractivity contribution in [2.45, 2.75) is 12.8 Å². The Morgan fingerprint density at radius 2 is 1.65 bits per heavy atom. The van der Waals surface area contributed by atoms with Crippen LogP contribution in [0.25, 0.3) is 0 Å². The average Bonchev–Trinajstić information content (AvgIpc) is 2.45. The first-order chi connectivity index (χ1) is 9.61. The van der Waals surface area contributed by atoms with Gasteiger partial charge in [-0.2, -0.15) is 0 Å². The summed E-state index contributed by atoms with van der Waals surface area (Å²) >= 11 is 16.9. The summed E-state index contributed by atoms with van der Waals surface area (Å²) in [5.41, 5.74) is 2.48. The molecule has 2 aromatic rings. The van der Waals surface area contributed by atoms with Gasteiger partial charge in [0.1, 0.15) is 0 Å². The number of thiocarbonyl (C=S) groups is 1. The molecule has 4 heteroatoms. The predicted octanol–water partition coefficient (Wildman–Crippen LogP) is 5.16. The first kappa shape index (κ1) is 15.2. The number of aryl methyl sites for hydroxylation is 1. The molecule has 0 fully saturated rings. The number of hydrogen-bond donors (Lipinski definition) is 0. The number of benzene rings is 2. The maximum Gasteiger partial charge on any atom is 0.166 e. The normalized spacial score (nSPS) is 10.3. The zero-order chi connectivity index (χ0) is 14.5. The van der Waals surface area contributed by atoms with Crippen molar-refractivity contribution in [3.05, 3.63) is 69.2 Å². The van der Waals surface area contributed by atoms with Gasteiger partial charge in [-0.15, -0.1) is 0 Å². The maximum absolute atomic E-state index is 12.2. The number of Topliss-reactive ketones (excluding diaryl/α,β-unsaturated/α-hetero) is 1. The average molecular weight is 323 g/mol. The van der Waals surface area contributed by atoms with Gasteiger partial charge in [-0.05, 0) is 29.7 Å². The molecule has 2 aromatic carbocycles. The van der Waals surface area contributed by atoms with Crippen LogP contribution in [-0.2, 0) is 6.42 Å². The van der Waals surface area contributed by atoms with Crippen molar-refractivity contribution in [3.8, 4) is 0 Å². The quantitative estimate of drug-likeness (QED) is 0.559. The van der Waals surface area contributed by atoms with Gasteiger partial charge in [-0.1, -0.05) is 65.8 Å². The van der Waals surface area contributed by atoms with Crippen molar-refractivity contribution in [2.24, 2.45) is 0 Å². The van der Waals surface area contributed by atoms with Gasteiger partial charge >= 0.3 is 0 Å². The number of hydrogen-bond acceptors (Lipinski definition) is 2. The second-order valence-electron chi connectivity index (χ2n) is 4.38. The Morgan fingerprint density at radius 3 is 2.20 bits per heavy atom. The Hall–Kier alpha value is -1.22. The zero-order valence-corrected chi connectivity index (χ0v) is 12.9. The fourth-order valence-corrected chi connectivity index (χ4v) is 2.68. The summed E-state index contributed by atoms with van der Waals surface area (Å²) < 4.78 is 0. The molecule has 0 saturated carbocycles. The molecule has 0 heterocycles. The van der Waals surface area contributed by atoms with Gasteiger partial charge in [0.25, 0.3) is 0 Å². The van der Waals surface area contributed by atoms with Gasteiger partial charge in [0.2, 0.25) is 0 Å². The predicted molar refractivity (Wildman–Crippen MR) is 88.3 cm³/mol. The van der Waals surface area contributed by atoms with Crippen LogP contribution in [0.2, 0.25) is 10.0 Å². The number of carbonyl (C=O) groups excluding carboxylic acids is 1.